The zero-order valence-electron chi connectivity index (χ0n) is 16.3. The minimum absolute atomic E-state index is 0.0872. The summed E-state index contributed by atoms with van der Waals surface area (Å²) < 4.78 is 5.51. The van der Waals surface area contributed by atoms with Crippen LogP contribution in [0.3, 0.4) is 0 Å². The van der Waals surface area contributed by atoms with Gasteiger partial charge in [-0.15, -0.1) is 0 Å². The minimum Gasteiger partial charge on any atom is -0.457 e. The number of para-hydroxylation sites is 1. The van der Waals surface area contributed by atoms with Gasteiger partial charge in [0.15, 0.2) is 0 Å². The van der Waals surface area contributed by atoms with Crippen LogP contribution in [0.15, 0.2) is 60.7 Å². The average molecular weight is 416 g/mol. The van der Waals surface area contributed by atoms with Crippen molar-refractivity contribution in [2.24, 2.45) is 0 Å². The minimum atomic E-state index is -0.429. The van der Waals surface area contributed by atoms with Gasteiger partial charge >= 0.3 is 5.97 Å². The fraction of sp³-hybridized carbons (Fsp3) is 0.125. The summed E-state index contributed by atoms with van der Waals surface area (Å²) in [7, 11) is 0. The lowest BCUT2D eigenvalue weighted by Gasteiger charge is -2.10. The van der Waals surface area contributed by atoms with Gasteiger partial charge in [0.2, 0.25) is 0 Å². The van der Waals surface area contributed by atoms with Crippen LogP contribution in [0.1, 0.15) is 34.2 Å². The first-order valence-electron chi connectivity index (χ1n) is 9.53. The highest BCUT2D eigenvalue weighted by Crippen LogP contribution is 2.31. The molecule has 148 valence electrons. The normalized spacial score (nSPS) is 10.7. The Morgan fingerprint density at radius 2 is 1.97 bits per heavy atom. The van der Waals surface area contributed by atoms with Crippen molar-refractivity contribution in [2.45, 2.75) is 20.0 Å². The number of nitriles is 1. The van der Waals surface area contributed by atoms with E-state index in [4.69, 9.17) is 16.3 Å². The molecule has 0 aliphatic rings. The molecule has 1 aromatic heterocycles. The van der Waals surface area contributed by atoms with Crippen molar-refractivity contribution in [2.75, 3.05) is 0 Å². The number of hydrogen-bond donors (Lipinski definition) is 1. The maximum Gasteiger partial charge on any atom is 0.340 e. The van der Waals surface area contributed by atoms with Crippen LogP contribution in [0, 0.1) is 11.3 Å². The Balaban J connectivity index is 1.53. The second kappa shape index (κ2) is 8.40. The van der Waals surface area contributed by atoms with Crippen molar-refractivity contribution < 1.29 is 9.53 Å². The largest absolute Gasteiger partial charge is 0.457 e. The van der Waals surface area contributed by atoms with E-state index in [9.17, 15) is 10.1 Å². The fourth-order valence-electron chi connectivity index (χ4n) is 3.33. The number of imidazole rings is 1. The van der Waals surface area contributed by atoms with E-state index in [1.165, 1.54) is 0 Å². The van der Waals surface area contributed by atoms with E-state index in [0.29, 0.717) is 21.7 Å². The summed E-state index contributed by atoms with van der Waals surface area (Å²) in [4.78, 5) is 20.3. The number of fused-ring (bicyclic) bond motifs is 1. The Morgan fingerprint density at radius 1 is 1.13 bits per heavy atom. The number of nitrogens with zero attached hydrogens (tertiary/aromatic N) is 2. The number of benzene rings is 3. The maximum absolute atomic E-state index is 12.6. The second-order valence-corrected chi connectivity index (χ2v) is 7.19. The number of carbonyl (C=O) groups excluding carboxylic acids is 1. The Bertz CT molecular complexity index is 1290. The number of nitrogens with one attached hydrogen (secondary N) is 1. The van der Waals surface area contributed by atoms with Gasteiger partial charge in [-0.2, -0.15) is 5.26 Å². The summed E-state index contributed by atoms with van der Waals surface area (Å²) in [5.74, 6) is 0.396. The molecule has 0 aliphatic heterocycles. The predicted octanol–water partition coefficient (Wildman–Crippen LogP) is 5.67. The van der Waals surface area contributed by atoms with Crippen LogP contribution < -0.4 is 0 Å². The van der Waals surface area contributed by atoms with Crippen molar-refractivity contribution >= 4 is 28.6 Å². The van der Waals surface area contributed by atoms with E-state index < -0.39 is 5.97 Å². The van der Waals surface area contributed by atoms with Crippen molar-refractivity contribution in [3.8, 4) is 17.2 Å². The number of ether oxygens (including phenoxy) is 1. The van der Waals surface area contributed by atoms with Gasteiger partial charge in [0.05, 0.1) is 28.2 Å². The molecule has 4 aromatic rings. The number of rotatable bonds is 5. The lowest BCUT2D eigenvalue weighted by molar-refractivity contribution is 0.0475. The number of aryl methyl sites for hydroxylation is 1. The highest BCUT2D eigenvalue weighted by atomic mass is 35.5. The Labute approximate surface area is 178 Å². The molecule has 1 N–H and O–H groups in total. The Kier molecular flexibility index (Phi) is 5.51. The standard InChI is InChI=1S/C24H18ClN3O2/c1-2-22-27-21-9-5-8-19(23(21)28-22)24(29)30-14-15-10-11-18(20(25)12-15)17-7-4-3-6-16(17)13-26/h3-12H,2,14H2,1H3,(H,27,28). The Hall–Kier alpha value is -3.62. The van der Waals surface area contributed by atoms with E-state index in [1.54, 1.807) is 24.3 Å². The molecule has 0 atom stereocenters. The van der Waals surface area contributed by atoms with Crippen LogP contribution in [0.4, 0.5) is 0 Å². The van der Waals surface area contributed by atoms with Crippen LogP contribution in [-0.2, 0) is 17.8 Å². The molecular formula is C24H18ClN3O2. The highest BCUT2D eigenvalue weighted by molar-refractivity contribution is 6.33. The molecule has 6 heteroatoms. The molecule has 0 saturated heterocycles. The Morgan fingerprint density at radius 3 is 2.73 bits per heavy atom. The third kappa shape index (κ3) is 3.78. The number of aromatic amines is 1. The molecule has 3 aromatic carbocycles. The molecule has 1 heterocycles. The van der Waals surface area contributed by atoms with Crippen LogP contribution in [0.25, 0.3) is 22.2 Å². The fourth-order valence-corrected chi connectivity index (χ4v) is 3.63. The smallest absolute Gasteiger partial charge is 0.340 e. The van der Waals surface area contributed by atoms with E-state index in [2.05, 4.69) is 16.0 Å². The molecule has 0 saturated carbocycles. The topological polar surface area (TPSA) is 78.8 Å². The number of aromatic nitrogens is 2. The summed E-state index contributed by atoms with van der Waals surface area (Å²) in [6, 6.07) is 20.3. The van der Waals surface area contributed by atoms with E-state index >= 15 is 0 Å². The van der Waals surface area contributed by atoms with Crippen molar-refractivity contribution in [1.29, 1.82) is 5.26 Å². The van der Waals surface area contributed by atoms with Gasteiger partial charge in [-0.1, -0.05) is 54.9 Å². The molecule has 0 aliphatic carbocycles. The van der Waals surface area contributed by atoms with Gasteiger partial charge in [-0.3, -0.25) is 0 Å². The number of H-pyrrole nitrogens is 1. The first-order chi connectivity index (χ1) is 14.6. The van der Waals surface area contributed by atoms with Crippen LogP contribution in [-0.4, -0.2) is 15.9 Å². The zero-order chi connectivity index (χ0) is 21.1. The highest BCUT2D eigenvalue weighted by Gasteiger charge is 2.15. The quantitative estimate of drug-likeness (QED) is 0.425. The van der Waals surface area contributed by atoms with Gasteiger partial charge in [-0.05, 0) is 29.8 Å². The van der Waals surface area contributed by atoms with E-state index in [-0.39, 0.29) is 6.61 Å². The van der Waals surface area contributed by atoms with Crippen molar-refractivity contribution in [1.82, 2.24) is 9.97 Å². The van der Waals surface area contributed by atoms with Gasteiger partial charge in [0.25, 0.3) is 0 Å². The molecule has 5 nitrogen and oxygen atoms in total. The summed E-state index contributed by atoms with van der Waals surface area (Å²) in [6.07, 6.45) is 0.753. The maximum atomic E-state index is 12.6. The third-order valence-electron chi connectivity index (χ3n) is 4.86. The lowest BCUT2D eigenvalue weighted by Crippen LogP contribution is -2.06. The van der Waals surface area contributed by atoms with E-state index in [1.807, 2.05) is 43.3 Å². The zero-order valence-corrected chi connectivity index (χ0v) is 17.0. The molecule has 4 rings (SSSR count). The molecule has 0 fully saturated rings. The number of hydrogen-bond acceptors (Lipinski definition) is 4. The summed E-state index contributed by atoms with van der Waals surface area (Å²) >= 11 is 6.46. The molecule has 0 amide bonds. The number of esters is 1. The van der Waals surface area contributed by atoms with Gasteiger partial charge in [0.1, 0.15) is 12.4 Å². The monoisotopic (exact) mass is 415 g/mol. The SMILES string of the molecule is CCc1nc2cccc(C(=O)OCc3ccc(-c4ccccc4C#N)c(Cl)c3)c2[nH]1. The number of carbonyl (C=O) groups is 1. The summed E-state index contributed by atoms with van der Waals surface area (Å²) in [5, 5.41) is 9.81. The molecular weight excluding hydrogens is 398 g/mol. The van der Waals surface area contributed by atoms with Crippen LogP contribution in [0.2, 0.25) is 5.02 Å². The first-order valence-corrected chi connectivity index (χ1v) is 9.91. The lowest BCUT2D eigenvalue weighted by atomic mass is 9.99. The van der Waals surface area contributed by atoms with Gasteiger partial charge in [0, 0.05) is 22.6 Å². The number of halogens is 1. The van der Waals surface area contributed by atoms with Crippen LogP contribution in [0.5, 0.6) is 0 Å². The predicted molar refractivity (Wildman–Crippen MR) is 116 cm³/mol. The third-order valence-corrected chi connectivity index (χ3v) is 5.18. The van der Waals surface area contributed by atoms with Crippen molar-refractivity contribution in [3.05, 3.63) is 88.2 Å². The summed E-state index contributed by atoms with van der Waals surface area (Å²) in [6.45, 7) is 2.09. The molecule has 30 heavy (non-hydrogen) atoms. The van der Waals surface area contributed by atoms with E-state index in [0.717, 1.165) is 34.5 Å². The van der Waals surface area contributed by atoms with Crippen LogP contribution >= 0.6 is 11.6 Å². The second-order valence-electron chi connectivity index (χ2n) is 6.78. The van der Waals surface area contributed by atoms with Crippen molar-refractivity contribution in [3.63, 3.8) is 0 Å². The van der Waals surface area contributed by atoms with Gasteiger partial charge in [-0.25, -0.2) is 9.78 Å². The molecule has 0 spiro atoms. The molecule has 0 unspecified atom stereocenters. The molecule has 0 radical (unpaired) electrons. The molecule has 0 bridgehead atoms. The first kappa shape index (κ1) is 19.7. The summed E-state index contributed by atoms with van der Waals surface area (Å²) in [5.41, 5.74) is 4.72. The van der Waals surface area contributed by atoms with Gasteiger partial charge < -0.3 is 9.72 Å². The average Bonchev–Trinajstić information content (AvgIpc) is 3.21.